The summed E-state index contributed by atoms with van der Waals surface area (Å²) in [6.07, 6.45) is 9.73. The van der Waals surface area contributed by atoms with Gasteiger partial charge in [0.15, 0.2) is 0 Å². The lowest BCUT2D eigenvalue weighted by Crippen LogP contribution is -2.36. The van der Waals surface area contributed by atoms with Crippen LogP contribution < -0.4 is 9.80 Å². The summed E-state index contributed by atoms with van der Waals surface area (Å²) in [6.45, 7) is 4.40. The number of benzene rings is 2. The monoisotopic (exact) mass is 328 g/mol. The second-order valence-corrected chi connectivity index (χ2v) is 6.67. The zero-order chi connectivity index (χ0) is 17.0. The Morgan fingerprint density at radius 3 is 2.60 bits per heavy atom. The molecule has 4 heteroatoms. The lowest BCUT2D eigenvalue weighted by atomic mass is 10.1. The van der Waals surface area contributed by atoms with Crippen LogP contribution >= 0.6 is 0 Å². The fourth-order valence-corrected chi connectivity index (χ4v) is 3.89. The second kappa shape index (κ2) is 5.24. The lowest BCUT2D eigenvalue weighted by molar-refractivity contribution is 0.750. The van der Waals surface area contributed by atoms with Crippen LogP contribution in [0.5, 0.6) is 0 Å². The number of fused-ring (bicyclic) bond motifs is 3. The molecule has 5 rings (SSSR count). The average Bonchev–Trinajstić information content (AvgIpc) is 3.31. The highest BCUT2D eigenvalue weighted by molar-refractivity contribution is 5.94. The molecule has 2 aliphatic rings. The highest BCUT2D eigenvalue weighted by Crippen LogP contribution is 2.37. The minimum atomic E-state index is 0.207. The Labute approximate surface area is 147 Å². The molecule has 1 aromatic heterocycles. The van der Waals surface area contributed by atoms with Crippen molar-refractivity contribution >= 4 is 28.6 Å². The van der Waals surface area contributed by atoms with Crippen molar-refractivity contribution in [1.29, 1.82) is 0 Å². The molecular weight excluding hydrogens is 308 g/mol. The van der Waals surface area contributed by atoms with Gasteiger partial charge in [-0.2, -0.15) is 0 Å². The van der Waals surface area contributed by atoms with E-state index >= 15 is 0 Å². The number of nitrogens with zero attached hydrogens (tertiary/aromatic N) is 4. The molecule has 0 aliphatic carbocycles. The van der Waals surface area contributed by atoms with E-state index in [0.717, 1.165) is 17.8 Å². The number of para-hydroxylation sites is 1. The number of imidazole rings is 1. The molecule has 0 unspecified atom stereocenters. The van der Waals surface area contributed by atoms with Gasteiger partial charge in [0.25, 0.3) is 0 Å². The molecule has 0 bridgehead atoms. The van der Waals surface area contributed by atoms with Crippen LogP contribution in [0, 0.1) is 6.92 Å². The van der Waals surface area contributed by atoms with Gasteiger partial charge in [0.1, 0.15) is 17.5 Å². The number of rotatable bonds is 2. The molecule has 0 saturated heterocycles. The number of aryl methyl sites for hydroxylation is 1. The summed E-state index contributed by atoms with van der Waals surface area (Å²) in [7, 11) is 0. The number of allylic oxidation sites excluding steroid dienone is 1. The third kappa shape index (κ3) is 2.03. The molecule has 25 heavy (non-hydrogen) atoms. The van der Waals surface area contributed by atoms with Crippen molar-refractivity contribution in [3.8, 4) is 0 Å². The van der Waals surface area contributed by atoms with E-state index in [9.17, 15) is 0 Å². The first-order valence-corrected chi connectivity index (χ1v) is 8.71. The molecule has 0 amide bonds. The fraction of sp³-hybridized carbons (Fsp3) is 0.190. The lowest BCUT2D eigenvalue weighted by Gasteiger charge is -2.31. The van der Waals surface area contributed by atoms with E-state index in [-0.39, 0.29) is 6.17 Å². The van der Waals surface area contributed by atoms with Gasteiger partial charge in [-0.25, -0.2) is 4.98 Å². The highest BCUT2D eigenvalue weighted by atomic mass is 15.4. The zero-order valence-electron chi connectivity index (χ0n) is 14.4. The van der Waals surface area contributed by atoms with E-state index < -0.39 is 0 Å². The maximum absolute atomic E-state index is 4.94. The van der Waals surface area contributed by atoms with Crippen LogP contribution in [-0.4, -0.2) is 15.7 Å². The molecule has 0 fully saturated rings. The van der Waals surface area contributed by atoms with Gasteiger partial charge in [0.2, 0.25) is 0 Å². The third-order valence-electron chi connectivity index (χ3n) is 5.17. The van der Waals surface area contributed by atoms with Crippen LogP contribution in [0.1, 0.15) is 18.3 Å². The average molecular weight is 328 g/mol. The van der Waals surface area contributed by atoms with Crippen molar-refractivity contribution in [2.45, 2.75) is 26.4 Å². The normalized spacial score (nSPS) is 18.6. The van der Waals surface area contributed by atoms with Crippen molar-refractivity contribution in [2.75, 3.05) is 9.80 Å². The molecule has 124 valence electrons. The van der Waals surface area contributed by atoms with Crippen molar-refractivity contribution in [3.05, 3.63) is 72.3 Å². The Morgan fingerprint density at radius 1 is 0.960 bits per heavy atom. The first-order valence-electron chi connectivity index (χ1n) is 8.71. The van der Waals surface area contributed by atoms with Gasteiger partial charge in [-0.15, -0.1) is 0 Å². The second-order valence-electron chi connectivity index (χ2n) is 6.67. The Bertz CT molecular complexity index is 1010. The highest BCUT2D eigenvalue weighted by Gasteiger charge is 2.28. The van der Waals surface area contributed by atoms with Crippen molar-refractivity contribution < 1.29 is 0 Å². The van der Waals surface area contributed by atoms with Crippen LogP contribution in [0.3, 0.4) is 0 Å². The number of hydrogen-bond acceptors (Lipinski definition) is 3. The van der Waals surface area contributed by atoms with E-state index in [1.165, 1.54) is 22.5 Å². The van der Waals surface area contributed by atoms with E-state index in [2.05, 4.69) is 95.4 Å². The van der Waals surface area contributed by atoms with Crippen molar-refractivity contribution in [2.24, 2.45) is 0 Å². The maximum Gasteiger partial charge on any atom is 0.117 e. The number of aromatic nitrogens is 2. The molecule has 0 N–H and O–H groups in total. The Kier molecular flexibility index (Phi) is 3.01. The minimum absolute atomic E-state index is 0.207. The first kappa shape index (κ1) is 14.3. The third-order valence-corrected chi connectivity index (χ3v) is 5.17. The standard InChI is InChI=1S/C21H20N4/c1-15-10-11-18-20(22-19-9-6-12-25(18)19)21(15)24-14-13-23(16(24)2)17-7-4-3-5-8-17/h3-8,10-14,16H,9H2,1-2H3/t16-/m0/s1. The Morgan fingerprint density at radius 2 is 1.76 bits per heavy atom. The van der Waals surface area contributed by atoms with Crippen molar-refractivity contribution in [3.63, 3.8) is 0 Å². The van der Waals surface area contributed by atoms with Crippen LogP contribution in [0.15, 0.2) is 60.9 Å². The summed E-state index contributed by atoms with van der Waals surface area (Å²) in [6, 6.07) is 14.9. The van der Waals surface area contributed by atoms with E-state index in [1.54, 1.807) is 0 Å². The zero-order valence-corrected chi connectivity index (χ0v) is 14.4. The van der Waals surface area contributed by atoms with Crippen LogP contribution in [-0.2, 0) is 6.42 Å². The summed E-state index contributed by atoms with van der Waals surface area (Å²) in [4.78, 5) is 9.56. The van der Waals surface area contributed by atoms with Gasteiger partial charge in [0.05, 0.1) is 11.2 Å². The predicted molar refractivity (Wildman–Crippen MR) is 104 cm³/mol. The maximum atomic E-state index is 4.94. The molecule has 3 aromatic rings. The smallest absolute Gasteiger partial charge is 0.117 e. The topological polar surface area (TPSA) is 24.3 Å². The number of hydrogen-bond donors (Lipinski definition) is 0. The first-order chi connectivity index (χ1) is 12.2. The molecule has 2 aromatic carbocycles. The summed E-state index contributed by atoms with van der Waals surface area (Å²) in [5.41, 5.74) is 5.93. The minimum Gasteiger partial charge on any atom is -0.326 e. The van der Waals surface area contributed by atoms with Crippen LogP contribution in [0.4, 0.5) is 11.4 Å². The van der Waals surface area contributed by atoms with E-state index in [4.69, 9.17) is 4.98 Å². The molecule has 2 aliphatic heterocycles. The summed E-state index contributed by atoms with van der Waals surface area (Å²) in [5, 5.41) is 0. The van der Waals surface area contributed by atoms with E-state index in [1.807, 2.05) is 0 Å². The van der Waals surface area contributed by atoms with Gasteiger partial charge >= 0.3 is 0 Å². The SMILES string of the molecule is Cc1ccc2c(nc3n2C=CC3)c1N1C=CN(c2ccccc2)[C@@H]1C. The molecule has 0 saturated carbocycles. The molecule has 1 atom stereocenters. The van der Waals surface area contributed by atoms with Gasteiger partial charge in [0, 0.05) is 30.7 Å². The Hall–Kier alpha value is -3.01. The molecule has 0 radical (unpaired) electrons. The fourth-order valence-electron chi connectivity index (χ4n) is 3.89. The molecule has 3 heterocycles. The summed E-state index contributed by atoms with van der Waals surface area (Å²) >= 11 is 0. The quantitative estimate of drug-likeness (QED) is 0.691. The Balaban J connectivity index is 1.61. The predicted octanol–water partition coefficient (Wildman–Crippen LogP) is 4.52. The summed E-state index contributed by atoms with van der Waals surface area (Å²) in [5.74, 6) is 1.12. The molecule has 0 spiro atoms. The van der Waals surface area contributed by atoms with E-state index in [0.29, 0.717) is 0 Å². The largest absolute Gasteiger partial charge is 0.326 e. The number of anilines is 2. The summed E-state index contributed by atoms with van der Waals surface area (Å²) < 4.78 is 2.21. The van der Waals surface area contributed by atoms with Crippen LogP contribution in [0.2, 0.25) is 0 Å². The van der Waals surface area contributed by atoms with Gasteiger partial charge in [-0.1, -0.05) is 30.3 Å². The van der Waals surface area contributed by atoms with Crippen LogP contribution in [0.25, 0.3) is 17.2 Å². The molecule has 4 nitrogen and oxygen atoms in total. The van der Waals surface area contributed by atoms with Gasteiger partial charge in [-0.3, -0.25) is 0 Å². The van der Waals surface area contributed by atoms with Gasteiger partial charge in [-0.05, 0) is 37.6 Å². The van der Waals surface area contributed by atoms with Crippen molar-refractivity contribution in [1.82, 2.24) is 9.55 Å². The molecular formula is C21H20N4. The van der Waals surface area contributed by atoms with Gasteiger partial charge < -0.3 is 14.4 Å².